The van der Waals surface area contributed by atoms with Gasteiger partial charge in [-0.15, -0.1) is 0 Å². The minimum atomic E-state index is -0.555. The maximum Gasteiger partial charge on any atom is 0.492 e. The van der Waals surface area contributed by atoms with Crippen LogP contribution in [0.2, 0.25) is 0 Å². The molecule has 21 heavy (non-hydrogen) atoms. The van der Waals surface area contributed by atoms with E-state index in [2.05, 4.69) is 0 Å². The van der Waals surface area contributed by atoms with Gasteiger partial charge in [0.15, 0.2) is 0 Å². The van der Waals surface area contributed by atoms with Gasteiger partial charge in [0.2, 0.25) is 0 Å². The highest BCUT2D eigenvalue weighted by molar-refractivity contribution is 6.55. The van der Waals surface area contributed by atoms with Gasteiger partial charge < -0.3 is 20.1 Å². The van der Waals surface area contributed by atoms with E-state index in [1.807, 2.05) is 58.9 Å². The number of benzene rings is 1. The summed E-state index contributed by atoms with van der Waals surface area (Å²) in [5.74, 6) is 0. The fourth-order valence-electron chi connectivity index (χ4n) is 2.21. The van der Waals surface area contributed by atoms with Crippen LogP contribution in [0.1, 0.15) is 38.8 Å². The molecule has 0 amide bonds. The highest BCUT2D eigenvalue weighted by Crippen LogP contribution is 2.38. The Bertz CT molecular complexity index is 551. The summed E-state index contributed by atoms with van der Waals surface area (Å²) in [5.41, 5.74) is 8.48. The number of aliphatic hydroxyl groups is 1. The highest BCUT2D eigenvalue weighted by atomic mass is 16.7. The van der Waals surface area contributed by atoms with Gasteiger partial charge >= 0.3 is 7.12 Å². The number of nitrogens with two attached hydrogens (primary N) is 1. The molecule has 5 heteroatoms. The van der Waals surface area contributed by atoms with E-state index in [0.29, 0.717) is 11.2 Å². The summed E-state index contributed by atoms with van der Waals surface area (Å²) in [4.78, 5) is 0. The molecule has 0 unspecified atom stereocenters. The lowest BCUT2D eigenvalue weighted by atomic mass is 9.77. The van der Waals surface area contributed by atoms with Crippen LogP contribution in [0, 0.1) is 6.92 Å². The van der Waals surface area contributed by atoms with Crippen LogP contribution in [0.5, 0.6) is 0 Å². The van der Waals surface area contributed by atoms with Crippen molar-refractivity contribution in [3.63, 3.8) is 0 Å². The number of aryl methyl sites for hydroxylation is 1. The lowest BCUT2D eigenvalue weighted by molar-refractivity contribution is 0.00578. The molecule has 114 valence electrons. The topological polar surface area (TPSA) is 64.7 Å². The van der Waals surface area contributed by atoms with Gasteiger partial charge in [-0.1, -0.05) is 18.2 Å². The normalized spacial score (nSPS) is 20.9. The first-order valence-electron chi connectivity index (χ1n) is 7.19. The standard InChI is InChI=1S/C16H24BNO3/c1-11-6-7-12(14(18)8-11)9-13(10-19)17-20-15(2,3)16(4,5)21-17/h6-9,19H,10,18H2,1-5H3. The zero-order valence-electron chi connectivity index (χ0n) is 13.4. The Morgan fingerprint density at radius 2 is 1.81 bits per heavy atom. The Labute approximate surface area is 127 Å². The van der Waals surface area contributed by atoms with Gasteiger partial charge in [-0.3, -0.25) is 0 Å². The monoisotopic (exact) mass is 289 g/mol. The Balaban J connectivity index is 2.31. The first-order chi connectivity index (χ1) is 9.66. The van der Waals surface area contributed by atoms with Crippen molar-refractivity contribution in [2.45, 2.75) is 45.8 Å². The van der Waals surface area contributed by atoms with Crippen LogP contribution in [-0.4, -0.2) is 30.0 Å². The Kier molecular flexibility index (Phi) is 4.20. The van der Waals surface area contributed by atoms with Crippen LogP contribution in [0.15, 0.2) is 23.7 Å². The number of hydrogen-bond acceptors (Lipinski definition) is 4. The van der Waals surface area contributed by atoms with Gasteiger partial charge in [0.1, 0.15) is 0 Å². The fraction of sp³-hybridized carbons (Fsp3) is 0.500. The summed E-state index contributed by atoms with van der Waals surface area (Å²) >= 11 is 0. The molecule has 1 saturated heterocycles. The second-order valence-corrected chi connectivity index (χ2v) is 6.60. The molecule has 0 atom stereocenters. The predicted molar refractivity (Wildman–Crippen MR) is 86.7 cm³/mol. The third-order valence-electron chi connectivity index (χ3n) is 4.32. The van der Waals surface area contributed by atoms with E-state index < -0.39 is 18.3 Å². The van der Waals surface area contributed by atoms with E-state index in [9.17, 15) is 5.11 Å². The smallest absolute Gasteiger partial charge is 0.400 e. The average molecular weight is 289 g/mol. The van der Waals surface area contributed by atoms with Crippen molar-refractivity contribution < 1.29 is 14.4 Å². The molecular weight excluding hydrogens is 265 g/mol. The molecule has 1 aromatic rings. The summed E-state index contributed by atoms with van der Waals surface area (Å²) in [6.07, 6.45) is 1.84. The molecule has 1 aliphatic heterocycles. The van der Waals surface area contributed by atoms with E-state index in [4.69, 9.17) is 15.0 Å². The summed E-state index contributed by atoms with van der Waals surface area (Å²) in [7, 11) is -0.555. The first-order valence-corrected chi connectivity index (χ1v) is 7.19. The van der Waals surface area contributed by atoms with Gasteiger partial charge in [-0.2, -0.15) is 0 Å². The molecule has 1 aromatic carbocycles. The minimum absolute atomic E-state index is 0.135. The quantitative estimate of drug-likeness (QED) is 0.663. The highest BCUT2D eigenvalue weighted by Gasteiger charge is 2.52. The molecule has 0 spiro atoms. The Morgan fingerprint density at radius 3 is 2.29 bits per heavy atom. The molecule has 3 N–H and O–H groups in total. The van der Waals surface area contributed by atoms with Crippen LogP contribution in [-0.2, 0) is 9.31 Å². The largest absolute Gasteiger partial charge is 0.492 e. The number of anilines is 1. The van der Waals surface area contributed by atoms with Crippen LogP contribution in [0.25, 0.3) is 6.08 Å². The van der Waals surface area contributed by atoms with Crippen LogP contribution in [0.3, 0.4) is 0 Å². The second kappa shape index (κ2) is 5.48. The lowest BCUT2D eigenvalue weighted by Gasteiger charge is -2.32. The zero-order valence-corrected chi connectivity index (χ0v) is 13.4. The molecule has 0 radical (unpaired) electrons. The zero-order chi connectivity index (χ0) is 15.8. The second-order valence-electron chi connectivity index (χ2n) is 6.60. The number of aliphatic hydroxyl groups excluding tert-OH is 1. The maximum absolute atomic E-state index is 9.66. The first kappa shape index (κ1) is 16.1. The van der Waals surface area contributed by atoms with Crippen molar-refractivity contribution in [3.05, 3.63) is 34.8 Å². The molecule has 0 saturated carbocycles. The summed E-state index contributed by atoms with van der Waals surface area (Å²) in [6.45, 7) is 9.81. The van der Waals surface area contributed by atoms with Crippen LogP contribution < -0.4 is 5.73 Å². The third-order valence-corrected chi connectivity index (χ3v) is 4.32. The van der Waals surface area contributed by atoms with Gasteiger partial charge in [-0.05, 0) is 57.3 Å². The van der Waals surface area contributed by atoms with Crippen molar-refractivity contribution >= 4 is 18.9 Å². The molecule has 1 aliphatic rings. The molecule has 1 heterocycles. The minimum Gasteiger partial charge on any atom is -0.400 e. The lowest BCUT2D eigenvalue weighted by Crippen LogP contribution is -2.41. The van der Waals surface area contributed by atoms with Crippen LogP contribution >= 0.6 is 0 Å². The molecular formula is C16H24BNO3. The van der Waals surface area contributed by atoms with E-state index in [-0.39, 0.29) is 6.61 Å². The van der Waals surface area contributed by atoms with Crippen molar-refractivity contribution in [1.82, 2.24) is 0 Å². The number of hydrogen-bond donors (Lipinski definition) is 2. The maximum atomic E-state index is 9.66. The molecule has 0 bridgehead atoms. The Hall–Kier alpha value is -1.30. The molecule has 4 nitrogen and oxygen atoms in total. The van der Waals surface area contributed by atoms with E-state index in [1.165, 1.54) is 0 Å². The SMILES string of the molecule is Cc1ccc(C=C(CO)B2OC(C)(C)C(C)(C)O2)c(N)c1. The number of rotatable bonds is 3. The molecule has 1 fully saturated rings. The third kappa shape index (κ3) is 3.15. The molecule has 0 aromatic heterocycles. The fourth-order valence-corrected chi connectivity index (χ4v) is 2.21. The van der Waals surface area contributed by atoms with Crippen molar-refractivity contribution in [1.29, 1.82) is 0 Å². The van der Waals surface area contributed by atoms with Crippen molar-refractivity contribution in [2.24, 2.45) is 0 Å². The van der Waals surface area contributed by atoms with Crippen LogP contribution in [0.4, 0.5) is 5.69 Å². The molecule has 0 aliphatic carbocycles. The van der Waals surface area contributed by atoms with Gasteiger partial charge in [0, 0.05) is 5.69 Å². The van der Waals surface area contributed by atoms with Gasteiger partial charge in [0.25, 0.3) is 0 Å². The van der Waals surface area contributed by atoms with E-state index >= 15 is 0 Å². The van der Waals surface area contributed by atoms with Crippen molar-refractivity contribution in [2.75, 3.05) is 12.3 Å². The Morgan fingerprint density at radius 1 is 1.24 bits per heavy atom. The summed E-state index contributed by atoms with van der Waals surface area (Å²) in [6, 6.07) is 5.83. The predicted octanol–water partition coefficient (Wildman–Crippen LogP) is 2.58. The summed E-state index contributed by atoms with van der Waals surface area (Å²) < 4.78 is 11.9. The van der Waals surface area contributed by atoms with Gasteiger partial charge in [0.05, 0.1) is 17.8 Å². The summed E-state index contributed by atoms with van der Waals surface area (Å²) in [5, 5.41) is 9.66. The van der Waals surface area contributed by atoms with Gasteiger partial charge in [-0.25, -0.2) is 0 Å². The van der Waals surface area contributed by atoms with E-state index in [0.717, 1.165) is 11.1 Å². The average Bonchev–Trinajstić information content (AvgIpc) is 2.57. The van der Waals surface area contributed by atoms with E-state index in [1.54, 1.807) is 0 Å². The number of nitrogen functional groups attached to an aromatic ring is 1. The molecule has 2 rings (SSSR count). The van der Waals surface area contributed by atoms with Crippen molar-refractivity contribution in [3.8, 4) is 0 Å².